The van der Waals surface area contributed by atoms with Crippen LogP contribution in [0.3, 0.4) is 0 Å². The van der Waals surface area contributed by atoms with Crippen molar-refractivity contribution in [1.82, 2.24) is 9.80 Å². The van der Waals surface area contributed by atoms with E-state index in [1.807, 2.05) is 12.1 Å². The van der Waals surface area contributed by atoms with Gasteiger partial charge in [-0.15, -0.1) is 11.3 Å². The first-order valence-electron chi connectivity index (χ1n) is 14.2. The third kappa shape index (κ3) is 6.41. The van der Waals surface area contributed by atoms with E-state index in [1.165, 1.54) is 41.5 Å². The van der Waals surface area contributed by atoms with Crippen LogP contribution in [0, 0.1) is 5.82 Å². The Morgan fingerprint density at radius 1 is 0.881 bits per heavy atom. The van der Waals surface area contributed by atoms with E-state index in [-0.39, 0.29) is 14.4 Å². The summed E-state index contributed by atoms with van der Waals surface area (Å²) in [6.07, 6.45) is 1.17. The Hall–Kier alpha value is -3.99. The van der Waals surface area contributed by atoms with Crippen molar-refractivity contribution in [3.63, 3.8) is 0 Å². The van der Waals surface area contributed by atoms with E-state index in [2.05, 4.69) is 39.5 Å². The summed E-state index contributed by atoms with van der Waals surface area (Å²) < 4.78 is 26.8. The van der Waals surface area contributed by atoms with Gasteiger partial charge in [0.2, 0.25) is 0 Å². The normalized spacial score (nSPS) is 15.8. The predicted molar refractivity (Wildman–Crippen MR) is 168 cm³/mol. The largest absolute Gasteiger partial charge is 0.486 e. The van der Waals surface area contributed by atoms with Crippen LogP contribution in [0.4, 0.5) is 15.8 Å². The highest BCUT2D eigenvalue weighted by Gasteiger charge is 2.18. The molecule has 0 saturated carbocycles. The minimum Gasteiger partial charge on any atom is -0.486 e. The van der Waals surface area contributed by atoms with Crippen molar-refractivity contribution in [2.75, 3.05) is 56.6 Å². The van der Waals surface area contributed by atoms with Crippen LogP contribution in [0.2, 0.25) is 0 Å². The van der Waals surface area contributed by atoms with Crippen LogP contribution in [0.5, 0.6) is 11.5 Å². The van der Waals surface area contributed by atoms with Gasteiger partial charge in [0.15, 0.2) is 11.5 Å². The number of hydrogen-bond donors (Lipinski definition) is 2. The van der Waals surface area contributed by atoms with Crippen LogP contribution in [-0.4, -0.2) is 67.6 Å². The van der Waals surface area contributed by atoms with Gasteiger partial charge in [-0.25, -0.2) is 4.39 Å². The van der Waals surface area contributed by atoms with Crippen LogP contribution in [0.1, 0.15) is 41.8 Å². The lowest BCUT2D eigenvalue weighted by Gasteiger charge is -2.20. The van der Waals surface area contributed by atoms with E-state index in [4.69, 9.17) is 9.47 Å². The zero-order valence-electron chi connectivity index (χ0n) is 23.5. The summed E-state index contributed by atoms with van der Waals surface area (Å²) in [5.74, 6) is -0.300. The third-order valence-corrected chi connectivity index (χ3v) is 8.72. The van der Waals surface area contributed by atoms with E-state index < -0.39 is 11.7 Å². The molecule has 8 nitrogen and oxygen atoms in total. The monoisotopic (exact) mass is 592 g/mol. The summed E-state index contributed by atoms with van der Waals surface area (Å²) >= 11 is 1.39. The van der Waals surface area contributed by atoms with E-state index in [0.717, 1.165) is 49.4 Å². The van der Waals surface area contributed by atoms with Gasteiger partial charge in [0, 0.05) is 38.4 Å². The van der Waals surface area contributed by atoms with Gasteiger partial charge >= 0.3 is 0 Å². The number of nitrogens with zero attached hydrogens (tertiary/aromatic N) is 2. The topological polar surface area (TPSA) is 83.1 Å². The number of nitrogens with one attached hydrogen (secondary N) is 2. The van der Waals surface area contributed by atoms with Gasteiger partial charge in [-0.3, -0.25) is 14.5 Å². The van der Waals surface area contributed by atoms with Crippen molar-refractivity contribution in [1.29, 1.82) is 0 Å². The highest BCUT2D eigenvalue weighted by molar-refractivity contribution is 7.20. The zero-order chi connectivity index (χ0) is 29.1. The standard InChI is InChI=1S/C32H33FN4O4S.2H2/c1-2-36-10-3-11-37(13-12-36)20-21-4-5-22-18-30(42-29(22)16-21)32(39)35-26-19-24(7-8-25(26)33)34-31(38)23-6-9-27-28(17-23)41-15-14-40-27;;/h4-9,16-19H,2-3,10-15,20H2,1H3,(H,34,38)(H,35,39);2*1H. The molecule has 6 rings (SSSR count). The molecule has 0 bridgehead atoms. The summed E-state index contributed by atoms with van der Waals surface area (Å²) in [5, 5.41) is 6.41. The van der Waals surface area contributed by atoms with Gasteiger partial charge in [-0.2, -0.15) is 0 Å². The third-order valence-electron chi connectivity index (χ3n) is 7.62. The number of hydrogen-bond acceptors (Lipinski definition) is 7. The molecule has 3 aromatic carbocycles. The first-order chi connectivity index (χ1) is 20.4. The molecule has 0 spiro atoms. The number of benzene rings is 3. The fourth-order valence-electron chi connectivity index (χ4n) is 5.31. The van der Waals surface area contributed by atoms with Crippen LogP contribution >= 0.6 is 11.3 Å². The van der Waals surface area contributed by atoms with Crippen molar-refractivity contribution in [3.05, 3.63) is 82.5 Å². The van der Waals surface area contributed by atoms with E-state index in [0.29, 0.717) is 40.8 Å². The summed E-state index contributed by atoms with van der Waals surface area (Å²) in [7, 11) is 0. The van der Waals surface area contributed by atoms with Crippen LogP contribution in [-0.2, 0) is 6.54 Å². The van der Waals surface area contributed by atoms with Gasteiger partial charge in [0.05, 0.1) is 10.6 Å². The summed E-state index contributed by atoms with van der Waals surface area (Å²) in [6.45, 7) is 9.40. The SMILES string of the molecule is CCN1CCCN(Cc2ccc3cc(C(=O)Nc4cc(NC(=O)c5ccc6c(c5)OCCO6)ccc4F)sc3c2)CC1.[HH].[HH]. The van der Waals surface area contributed by atoms with Crippen molar-refractivity contribution in [2.24, 2.45) is 0 Å². The molecular formula is C32H37FN4O4S. The Bertz CT molecular complexity index is 1640. The number of carbonyl (C=O) groups is 2. The van der Waals surface area contributed by atoms with Crippen molar-refractivity contribution in [2.45, 2.75) is 19.9 Å². The lowest BCUT2D eigenvalue weighted by Crippen LogP contribution is -2.30. The summed E-state index contributed by atoms with van der Waals surface area (Å²) in [4.78, 5) is 31.4. The quantitative estimate of drug-likeness (QED) is 0.261. The minimum absolute atomic E-state index is 0. The highest BCUT2D eigenvalue weighted by Crippen LogP contribution is 2.32. The Kier molecular flexibility index (Phi) is 8.36. The molecule has 222 valence electrons. The first-order valence-corrected chi connectivity index (χ1v) is 15.1. The van der Waals surface area contributed by atoms with Crippen molar-refractivity contribution < 1.29 is 26.3 Å². The number of ether oxygens (including phenoxy) is 2. The molecule has 2 N–H and O–H groups in total. The van der Waals surface area contributed by atoms with Crippen molar-refractivity contribution in [3.8, 4) is 11.5 Å². The number of anilines is 2. The van der Waals surface area contributed by atoms with Crippen molar-refractivity contribution >= 4 is 44.6 Å². The smallest absolute Gasteiger partial charge is 0.265 e. The number of rotatable bonds is 7. The van der Waals surface area contributed by atoms with Gasteiger partial charge in [-0.1, -0.05) is 19.1 Å². The number of halogens is 1. The lowest BCUT2D eigenvalue weighted by molar-refractivity contribution is 0.102. The van der Waals surface area contributed by atoms with E-state index in [9.17, 15) is 14.0 Å². The average Bonchev–Trinajstić information content (AvgIpc) is 3.30. The number of fused-ring (bicyclic) bond motifs is 2. The molecule has 1 aromatic heterocycles. The van der Waals surface area contributed by atoms with Gasteiger partial charge < -0.3 is 25.0 Å². The minimum atomic E-state index is -0.594. The second-order valence-electron chi connectivity index (χ2n) is 10.5. The van der Waals surface area contributed by atoms with Crippen LogP contribution in [0.25, 0.3) is 10.1 Å². The Labute approximate surface area is 251 Å². The molecule has 1 fully saturated rings. The Morgan fingerprint density at radius 3 is 2.55 bits per heavy atom. The lowest BCUT2D eigenvalue weighted by atomic mass is 10.1. The molecule has 10 heteroatoms. The Balaban J connectivity index is 0.00000221. The maximum atomic E-state index is 14.7. The fraction of sp³-hybridized carbons (Fsp3) is 0.312. The van der Waals surface area contributed by atoms with Gasteiger partial charge in [-0.05, 0) is 85.5 Å². The summed E-state index contributed by atoms with van der Waals surface area (Å²) in [6, 6.07) is 17.1. The first kappa shape index (κ1) is 28.1. The fourth-order valence-corrected chi connectivity index (χ4v) is 6.33. The molecule has 4 aromatic rings. The maximum Gasteiger partial charge on any atom is 0.265 e. The summed E-state index contributed by atoms with van der Waals surface area (Å²) in [5.41, 5.74) is 1.93. The zero-order valence-corrected chi connectivity index (χ0v) is 24.3. The molecule has 2 aliphatic heterocycles. The molecule has 3 heterocycles. The molecule has 2 amide bonds. The van der Waals surface area contributed by atoms with E-state index in [1.54, 1.807) is 18.2 Å². The Morgan fingerprint density at radius 2 is 1.69 bits per heavy atom. The number of carbonyl (C=O) groups excluding carboxylic acids is 2. The second-order valence-corrected chi connectivity index (χ2v) is 11.6. The molecule has 0 unspecified atom stereocenters. The maximum absolute atomic E-state index is 14.7. The van der Waals surface area contributed by atoms with Crippen LogP contribution in [0.15, 0.2) is 60.7 Å². The number of likely N-dealkylation sites (N-methyl/N-ethyl adjacent to an activating group) is 1. The number of amides is 2. The molecule has 0 aliphatic carbocycles. The predicted octanol–water partition coefficient (Wildman–Crippen LogP) is 6.34. The molecular weight excluding hydrogens is 555 g/mol. The molecule has 1 saturated heterocycles. The number of thiophene rings is 1. The second kappa shape index (κ2) is 12.5. The molecule has 0 atom stereocenters. The highest BCUT2D eigenvalue weighted by atomic mass is 32.1. The van der Waals surface area contributed by atoms with Gasteiger partial charge in [0.25, 0.3) is 11.8 Å². The van der Waals surface area contributed by atoms with E-state index >= 15 is 0 Å². The van der Waals surface area contributed by atoms with Crippen LogP contribution < -0.4 is 20.1 Å². The van der Waals surface area contributed by atoms with Gasteiger partial charge in [0.1, 0.15) is 19.0 Å². The molecule has 2 aliphatic rings. The molecule has 42 heavy (non-hydrogen) atoms. The molecule has 0 radical (unpaired) electrons. The average molecular weight is 593 g/mol.